The molecule has 2 rings (SSSR count). The second-order valence-corrected chi connectivity index (χ2v) is 12.1. The predicted molar refractivity (Wildman–Crippen MR) is 161 cm³/mol. The molecule has 1 aromatic rings. The predicted octanol–water partition coefficient (Wildman–Crippen LogP) is 0.766. The normalized spacial score (nSPS) is 25.8. The summed E-state index contributed by atoms with van der Waals surface area (Å²) >= 11 is 2.34. The molecule has 0 aromatic heterocycles. The third-order valence-corrected chi connectivity index (χ3v) is 8.47. The minimum Gasteiger partial charge on any atom is -0.344 e. The molecule has 5 N–H and O–H groups in total. The van der Waals surface area contributed by atoms with Gasteiger partial charge in [0.05, 0.1) is 6.04 Å². The molecule has 0 saturated carbocycles. The summed E-state index contributed by atoms with van der Waals surface area (Å²) in [5, 5.41) is 13.1. The fraction of sp³-hybridized carbons (Fsp3) is 0.571. The number of carbonyl (C=O) groups excluding carboxylic acids is 6. The van der Waals surface area contributed by atoms with Crippen LogP contribution in [0.15, 0.2) is 30.3 Å². The molecule has 1 aromatic carbocycles. The van der Waals surface area contributed by atoms with Gasteiger partial charge in [0.2, 0.25) is 34.7 Å². The van der Waals surface area contributed by atoms with Crippen LogP contribution < -0.4 is 26.6 Å². The van der Waals surface area contributed by atoms with E-state index in [-0.39, 0.29) is 23.2 Å². The highest BCUT2D eigenvalue weighted by Gasteiger charge is 2.34. The molecule has 6 atom stereocenters. The Morgan fingerprint density at radius 2 is 1.63 bits per heavy atom. The minimum absolute atomic E-state index is 0.0909. The topological polar surface area (TPSA) is 163 Å². The lowest BCUT2D eigenvalue weighted by molar-refractivity contribution is -0.135. The van der Waals surface area contributed by atoms with Crippen LogP contribution in [0.5, 0.6) is 0 Å². The average Bonchev–Trinajstić information content (AvgIpc) is 2.94. The van der Waals surface area contributed by atoms with Gasteiger partial charge in [0, 0.05) is 19.1 Å². The lowest BCUT2D eigenvalue weighted by atomic mass is 9.96. The first-order valence-corrected chi connectivity index (χ1v) is 16.0. The number of amides is 5. The number of hydrogen-bond acceptors (Lipinski definition) is 8. The summed E-state index contributed by atoms with van der Waals surface area (Å²) in [5.41, 5.74) is 0.786. The quantitative estimate of drug-likeness (QED) is 0.289. The van der Waals surface area contributed by atoms with Crippen molar-refractivity contribution < 1.29 is 28.8 Å². The molecule has 0 bridgehead atoms. The lowest BCUT2D eigenvalue weighted by Crippen LogP contribution is -2.60. The number of thioether (sulfide) groups is 2. The molecule has 1 aliphatic rings. The van der Waals surface area contributed by atoms with E-state index in [0.717, 1.165) is 17.3 Å². The van der Waals surface area contributed by atoms with Crippen molar-refractivity contribution in [3.63, 3.8) is 0 Å². The SMILES string of the molecule is CC[C@H](C)[C@H]1NC(=O)[C@@H](Cc2ccccc2)NC(=O)[C@@H](C)NC(=O)[C@H](NC(C)=O)CSC(=O)[C@@H](CCSC)NC1=O. The third-order valence-electron chi connectivity index (χ3n) is 6.76. The van der Waals surface area contributed by atoms with Gasteiger partial charge in [0.15, 0.2) is 0 Å². The number of benzene rings is 1. The Hall–Kier alpha value is -3.06. The van der Waals surface area contributed by atoms with Crippen molar-refractivity contribution in [1.29, 1.82) is 0 Å². The summed E-state index contributed by atoms with van der Waals surface area (Å²) in [6.45, 7) is 6.44. The second-order valence-electron chi connectivity index (χ2n) is 10.1. The van der Waals surface area contributed by atoms with Gasteiger partial charge in [-0.2, -0.15) is 11.8 Å². The highest BCUT2D eigenvalue weighted by atomic mass is 32.2. The Morgan fingerprint density at radius 1 is 0.976 bits per heavy atom. The van der Waals surface area contributed by atoms with Gasteiger partial charge < -0.3 is 26.6 Å². The zero-order valence-electron chi connectivity index (χ0n) is 24.2. The maximum atomic E-state index is 13.6. The summed E-state index contributed by atoms with van der Waals surface area (Å²) in [7, 11) is 0. The van der Waals surface area contributed by atoms with Crippen LogP contribution in [0.3, 0.4) is 0 Å². The third kappa shape index (κ3) is 11.0. The Labute approximate surface area is 249 Å². The summed E-state index contributed by atoms with van der Waals surface area (Å²) in [4.78, 5) is 78.3. The molecule has 13 heteroatoms. The Morgan fingerprint density at radius 3 is 2.24 bits per heavy atom. The molecule has 1 aliphatic heterocycles. The van der Waals surface area contributed by atoms with Crippen LogP contribution in [0, 0.1) is 5.92 Å². The molecular formula is C28H41N5O6S2. The summed E-state index contributed by atoms with van der Waals surface area (Å²) < 4.78 is 0. The number of carbonyl (C=O) groups is 6. The van der Waals surface area contributed by atoms with Crippen molar-refractivity contribution in [3.8, 4) is 0 Å². The second kappa shape index (κ2) is 17.0. The molecule has 5 amide bonds. The van der Waals surface area contributed by atoms with Crippen LogP contribution >= 0.6 is 23.5 Å². The van der Waals surface area contributed by atoms with Gasteiger partial charge >= 0.3 is 0 Å². The zero-order valence-corrected chi connectivity index (χ0v) is 25.8. The van der Waals surface area contributed by atoms with Gasteiger partial charge in [-0.25, -0.2) is 0 Å². The molecule has 1 fully saturated rings. The van der Waals surface area contributed by atoms with Crippen LogP contribution in [0.1, 0.15) is 46.1 Å². The molecule has 11 nitrogen and oxygen atoms in total. The fourth-order valence-corrected chi connectivity index (χ4v) is 5.55. The number of nitrogens with one attached hydrogen (secondary N) is 5. The molecule has 41 heavy (non-hydrogen) atoms. The standard InChI is InChI=1S/C28H41N5O6S2/c1-6-16(2)23-27(38)31-20(12-13-40-5)28(39)41-15-22(30-18(4)34)26(37)29-17(3)24(35)32-21(25(36)33-23)14-19-10-8-7-9-11-19/h7-11,16-17,20-23H,6,12-15H2,1-5H3,(H,29,37)(H,30,34)(H,31,38)(H,32,35)(H,33,36)/t16-,17+,20+,21+,22+,23+/m0/s1. The molecule has 0 aliphatic carbocycles. The van der Waals surface area contributed by atoms with Crippen LogP contribution in [-0.4, -0.2) is 82.6 Å². The van der Waals surface area contributed by atoms with E-state index in [4.69, 9.17) is 0 Å². The Balaban J connectivity index is 2.48. The van der Waals surface area contributed by atoms with Crippen molar-refractivity contribution in [3.05, 3.63) is 35.9 Å². The van der Waals surface area contributed by atoms with Gasteiger partial charge in [0.25, 0.3) is 0 Å². The fourth-order valence-electron chi connectivity index (χ4n) is 4.13. The van der Waals surface area contributed by atoms with Gasteiger partial charge in [-0.05, 0) is 36.8 Å². The van der Waals surface area contributed by atoms with Gasteiger partial charge in [-0.1, -0.05) is 62.4 Å². The van der Waals surface area contributed by atoms with E-state index >= 15 is 0 Å². The van der Waals surface area contributed by atoms with Crippen LogP contribution in [0.2, 0.25) is 0 Å². The molecule has 0 spiro atoms. The van der Waals surface area contributed by atoms with Crippen molar-refractivity contribution >= 4 is 58.2 Å². The monoisotopic (exact) mass is 607 g/mol. The molecular weight excluding hydrogens is 566 g/mol. The maximum absolute atomic E-state index is 13.6. The van der Waals surface area contributed by atoms with Crippen molar-refractivity contribution in [2.24, 2.45) is 5.92 Å². The Kier molecular flexibility index (Phi) is 14.2. The van der Waals surface area contributed by atoms with Crippen LogP contribution in [-0.2, 0) is 35.2 Å². The van der Waals surface area contributed by atoms with Crippen molar-refractivity contribution in [2.75, 3.05) is 17.8 Å². The molecule has 0 radical (unpaired) electrons. The summed E-state index contributed by atoms with van der Waals surface area (Å²) in [6, 6.07) is 4.08. The first-order chi connectivity index (χ1) is 19.5. The van der Waals surface area contributed by atoms with E-state index in [1.54, 1.807) is 0 Å². The maximum Gasteiger partial charge on any atom is 0.244 e. The largest absolute Gasteiger partial charge is 0.344 e. The Bertz CT molecular complexity index is 1090. The van der Waals surface area contributed by atoms with Gasteiger partial charge in [-0.15, -0.1) is 0 Å². The smallest absolute Gasteiger partial charge is 0.244 e. The lowest BCUT2D eigenvalue weighted by Gasteiger charge is -2.29. The molecule has 1 heterocycles. The van der Waals surface area contributed by atoms with Gasteiger partial charge in [-0.3, -0.25) is 28.8 Å². The van der Waals surface area contributed by atoms with Gasteiger partial charge in [0.1, 0.15) is 24.2 Å². The van der Waals surface area contributed by atoms with Crippen molar-refractivity contribution in [2.45, 2.75) is 77.2 Å². The zero-order chi connectivity index (χ0) is 30.5. The van der Waals surface area contributed by atoms with Crippen LogP contribution in [0.4, 0.5) is 0 Å². The molecule has 1 saturated heterocycles. The van der Waals surface area contributed by atoms with E-state index in [1.165, 1.54) is 25.6 Å². The van der Waals surface area contributed by atoms with Crippen LogP contribution in [0.25, 0.3) is 0 Å². The van der Waals surface area contributed by atoms with E-state index in [0.29, 0.717) is 18.6 Å². The van der Waals surface area contributed by atoms with E-state index < -0.39 is 59.7 Å². The average molecular weight is 608 g/mol. The summed E-state index contributed by atoms with van der Waals surface area (Å²) in [5.74, 6) is -2.58. The summed E-state index contributed by atoms with van der Waals surface area (Å²) in [6.07, 6.45) is 2.96. The minimum atomic E-state index is -1.10. The molecule has 0 unspecified atom stereocenters. The van der Waals surface area contributed by atoms with Crippen molar-refractivity contribution in [1.82, 2.24) is 26.6 Å². The number of hydrogen-bond donors (Lipinski definition) is 5. The number of rotatable bonds is 8. The van der Waals surface area contributed by atoms with E-state index in [1.807, 2.05) is 50.4 Å². The first kappa shape index (κ1) is 34.1. The highest BCUT2D eigenvalue weighted by molar-refractivity contribution is 8.13. The first-order valence-electron chi connectivity index (χ1n) is 13.6. The van der Waals surface area contributed by atoms with E-state index in [2.05, 4.69) is 26.6 Å². The van der Waals surface area contributed by atoms with E-state index in [9.17, 15) is 28.8 Å². The highest BCUT2D eigenvalue weighted by Crippen LogP contribution is 2.16. The molecule has 226 valence electrons.